The van der Waals surface area contributed by atoms with Gasteiger partial charge in [0.05, 0.1) is 29.6 Å². The minimum atomic E-state index is -4.72. The van der Waals surface area contributed by atoms with Gasteiger partial charge in [-0.3, -0.25) is 4.79 Å². The Morgan fingerprint density at radius 1 is 1.35 bits per heavy atom. The molecule has 2 atom stereocenters. The molecule has 2 aromatic rings. The van der Waals surface area contributed by atoms with Gasteiger partial charge in [0.2, 0.25) is 0 Å². The molecule has 1 aromatic heterocycles. The molecular formula is C18H20F3N3O2. The predicted octanol–water partition coefficient (Wildman–Crippen LogP) is 3.50. The zero-order chi connectivity index (χ0) is 18.9. The monoisotopic (exact) mass is 367 g/mol. The third kappa shape index (κ3) is 3.75. The minimum Gasteiger partial charge on any atom is -0.376 e. The first-order chi connectivity index (χ1) is 12.3. The Labute approximate surface area is 149 Å². The third-order valence-electron chi connectivity index (χ3n) is 4.44. The van der Waals surface area contributed by atoms with Crippen LogP contribution in [-0.4, -0.2) is 34.4 Å². The second kappa shape index (κ2) is 7.11. The Morgan fingerprint density at radius 3 is 2.62 bits per heavy atom. The zero-order valence-electron chi connectivity index (χ0n) is 14.5. The second-order valence-electron chi connectivity index (χ2n) is 6.47. The maximum absolute atomic E-state index is 13.6. The van der Waals surface area contributed by atoms with Crippen LogP contribution in [-0.2, 0) is 10.9 Å². The lowest BCUT2D eigenvalue weighted by molar-refractivity contribution is -0.143. The average Bonchev–Trinajstić information content (AvgIpc) is 3.24. The molecule has 26 heavy (non-hydrogen) atoms. The van der Waals surface area contributed by atoms with Crippen molar-refractivity contribution in [2.45, 2.75) is 45.0 Å². The van der Waals surface area contributed by atoms with Crippen LogP contribution in [0.3, 0.4) is 0 Å². The Balaban J connectivity index is 1.91. The molecule has 1 amide bonds. The van der Waals surface area contributed by atoms with E-state index in [1.165, 1.54) is 12.1 Å². The van der Waals surface area contributed by atoms with Crippen LogP contribution in [0.25, 0.3) is 5.69 Å². The summed E-state index contributed by atoms with van der Waals surface area (Å²) >= 11 is 0. The molecule has 2 unspecified atom stereocenters. The summed E-state index contributed by atoms with van der Waals surface area (Å²) in [5.74, 6) is -0.807. The standard InChI is InChI=1S/C18H20F3N3O2/c1-11-5-7-13(8-6-11)24-16(18(19,20)21)14(10-22-24)17(25)23-12(2)15-4-3-9-26-15/h5-8,10,12,15H,3-4,9H2,1-2H3,(H,23,25). The van der Waals surface area contributed by atoms with E-state index in [4.69, 9.17) is 4.74 Å². The van der Waals surface area contributed by atoms with Crippen molar-refractivity contribution in [3.05, 3.63) is 47.3 Å². The van der Waals surface area contributed by atoms with Gasteiger partial charge in [-0.25, -0.2) is 4.68 Å². The molecule has 8 heteroatoms. The van der Waals surface area contributed by atoms with Gasteiger partial charge in [0.25, 0.3) is 5.91 Å². The minimum absolute atomic E-state index is 0.180. The summed E-state index contributed by atoms with van der Waals surface area (Å²) in [6.07, 6.45) is -2.29. The molecule has 0 spiro atoms. The highest BCUT2D eigenvalue weighted by Gasteiger charge is 2.41. The molecule has 0 bridgehead atoms. The van der Waals surface area contributed by atoms with Gasteiger partial charge in [0.15, 0.2) is 5.69 Å². The van der Waals surface area contributed by atoms with Crippen molar-refractivity contribution >= 4 is 5.91 Å². The average molecular weight is 367 g/mol. The normalized spacial score (nSPS) is 18.7. The fourth-order valence-electron chi connectivity index (χ4n) is 3.04. The Bertz CT molecular complexity index is 778. The Morgan fingerprint density at radius 2 is 2.04 bits per heavy atom. The molecule has 1 aromatic carbocycles. The highest BCUT2D eigenvalue weighted by atomic mass is 19.4. The number of amides is 1. The van der Waals surface area contributed by atoms with Gasteiger partial charge >= 0.3 is 6.18 Å². The lowest BCUT2D eigenvalue weighted by Crippen LogP contribution is -2.41. The number of hydrogen-bond acceptors (Lipinski definition) is 3. The van der Waals surface area contributed by atoms with E-state index in [0.29, 0.717) is 6.61 Å². The SMILES string of the molecule is Cc1ccc(-n2ncc(C(=O)NC(C)C3CCCO3)c2C(F)(F)F)cc1. The summed E-state index contributed by atoms with van der Waals surface area (Å²) in [6, 6.07) is 6.07. The van der Waals surface area contributed by atoms with E-state index in [1.54, 1.807) is 19.1 Å². The number of carbonyl (C=O) groups excluding carboxylic acids is 1. The number of rotatable bonds is 4. The Hall–Kier alpha value is -2.35. The van der Waals surface area contributed by atoms with E-state index in [2.05, 4.69) is 10.4 Å². The molecule has 0 saturated carbocycles. The van der Waals surface area contributed by atoms with E-state index in [1.807, 2.05) is 6.92 Å². The molecule has 1 aliphatic rings. The Kier molecular flexibility index (Phi) is 5.04. The van der Waals surface area contributed by atoms with Crippen molar-refractivity contribution in [2.75, 3.05) is 6.61 Å². The molecule has 0 radical (unpaired) electrons. The maximum atomic E-state index is 13.6. The summed E-state index contributed by atoms with van der Waals surface area (Å²) in [5, 5.41) is 6.42. The molecule has 1 aliphatic heterocycles. The lowest BCUT2D eigenvalue weighted by atomic mass is 10.1. The molecule has 3 rings (SSSR count). The summed E-state index contributed by atoms with van der Waals surface area (Å²) in [6.45, 7) is 4.17. The molecule has 1 N–H and O–H groups in total. The van der Waals surface area contributed by atoms with Gasteiger partial charge in [-0.05, 0) is 38.8 Å². The van der Waals surface area contributed by atoms with Crippen LogP contribution in [0.5, 0.6) is 0 Å². The van der Waals surface area contributed by atoms with Crippen molar-refractivity contribution in [3.8, 4) is 5.69 Å². The summed E-state index contributed by atoms with van der Waals surface area (Å²) in [5.41, 5.74) is -0.423. The number of halogens is 3. The van der Waals surface area contributed by atoms with Crippen molar-refractivity contribution in [3.63, 3.8) is 0 Å². The first-order valence-corrected chi connectivity index (χ1v) is 8.42. The fourth-order valence-corrected chi connectivity index (χ4v) is 3.04. The maximum Gasteiger partial charge on any atom is 0.434 e. The smallest absolute Gasteiger partial charge is 0.376 e. The van der Waals surface area contributed by atoms with Crippen LogP contribution in [0, 0.1) is 6.92 Å². The summed E-state index contributed by atoms with van der Waals surface area (Å²) in [4.78, 5) is 12.5. The number of aryl methyl sites for hydroxylation is 1. The van der Waals surface area contributed by atoms with E-state index in [9.17, 15) is 18.0 Å². The topological polar surface area (TPSA) is 56.2 Å². The van der Waals surface area contributed by atoms with E-state index in [0.717, 1.165) is 29.3 Å². The van der Waals surface area contributed by atoms with Crippen molar-refractivity contribution in [2.24, 2.45) is 0 Å². The predicted molar refractivity (Wildman–Crippen MR) is 89.2 cm³/mol. The van der Waals surface area contributed by atoms with Crippen LogP contribution < -0.4 is 5.32 Å². The van der Waals surface area contributed by atoms with Gasteiger partial charge in [0.1, 0.15) is 0 Å². The summed E-state index contributed by atoms with van der Waals surface area (Å²) in [7, 11) is 0. The largest absolute Gasteiger partial charge is 0.434 e. The van der Waals surface area contributed by atoms with Gasteiger partial charge in [0, 0.05) is 6.61 Å². The molecule has 2 heterocycles. The number of aromatic nitrogens is 2. The first kappa shape index (κ1) is 18.4. The van der Waals surface area contributed by atoms with Crippen LogP contribution in [0.15, 0.2) is 30.5 Å². The molecule has 0 aliphatic carbocycles. The molecular weight excluding hydrogens is 347 g/mol. The van der Waals surface area contributed by atoms with Gasteiger partial charge in [-0.2, -0.15) is 18.3 Å². The zero-order valence-corrected chi connectivity index (χ0v) is 14.5. The fraction of sp³-hybridized carbons (Fsp3) is 0.444. The van der Waals surface area contributed by atoms with Gasteiger partial charge in [-0.1, -0.05) is 17.7 Å². The molecule has 5 nitrogen and oxygen atoms in total. The van der Waals surface area contributed by atoms with Gasteiger partial charge < -0.3 is 10.1 Å². The lowest BCUT2D eigenvalue weighted by Gasteiger charge is -2.20. The van der Waals surface area contributed by atoms with E-state index in [-0.39, 0.29) is 17.8 Å². The highest BCUT2D eigenvalue weighted by Crippen LogP contribution is 2.33. The highest BCUT2D eigenvalue weighted by molar-refractivity contribution is 5.95. The number of hydrogen-bond donors (Lipinski definition) is 1. The third-order valence-corrected chi connectivity index (χ3v) is 4.44. The molecule has 1 saturated heterocycles. The number of alkyl halides is 3. The van der Waals surface area contributed by atoms with E-state index < -0.39 is 23.3 Å². The summed E-state index contributed by atoms with van der Waals surface area (Å²) < 4.78 is 47.2. The molecule has 1 fully saturated rings. The molecule has 140 valence electrons. The van der Waals surface area contributed by atoms with Crippen LogP contribution in [0.2, 0.25) is 0 Å². The van der Waals surface area contributed by atoms with Crippen LogP contribution in [0.1, 0.15) is 41.4 Å². The van der Waals surface area contributed by atoms with Crippen molar-refractivity contribution in [1.82, 2.24) is 15.1 Å². The van der Waals surface area contributed by atoms with Gasteiger partial charge in [-0.15, -0.1) is 0 Å². The number of benzene rings is 1. The number of carbonyl (C=O) groups is 1. The second-order valence-corrected chi connectivity index (χ2v) is 6.47. The number of ether oxygens (including phenoxy) is 1. The van der Waals surface area contributed by atoms with Crippen molar-refractivity contribution in [1.29, 1.82) is 0 Å². The van der Waals surface area contributed by atoms with Crippen molar-refractivity contribution < 1.29 is 22.7 Å². The number of nitrogens with zero attached hydrogens (tertiary/aromatic N) is 2. The number of nitrogens with one attached hydrogen (secondary N) is 1. The first-order valence-electron chi connectivity index (χ1n) is 8.42. The van der Waals surface area contributed by atoms with E-state index >= 15 is 0 Å². The van der Waals surface area contributed by atoms with Crippen LogP contribution in [0.4, 0.5) is 13.2 Å². The quantitative estimate of drug-likeness (QED) is 0.900. The van der Waals surface area contributed by atoms with Crippen LogP contribution >= 0.6 is 0 Å².